The Morgan fingerprint density at radius 1 is 1.23 bits per heavy atom. The number of hydrogen-bond donors (Lipinski definition) is 0. The van der Waals surface area contributed by atoms with E-state index in [9.17, 15) is 4.79 Å². The molecule has 3 aromatic rings. The summed E-state index contributed by atoms with van der Waals surface area (Å²) in [6.07, 6.45) is 0.944. The number of rotatable bonds is 2. The molecule has 1 heterocycles. The number of hydrogen-bond acceptors (Lipinski definition) is 2. The van der Waals surface area contributed by atoms with Gasteiger partial charge in [0, 0.05) is 7.05 Å². The zero-order chi connectivity index (χ0) is 15.7. The largest absolute Gasteiger partial charge is 0.319 e. The summed E-state index contributed by atoms with van der Waals surface area (Å²) in [5.74, 6) is -0.314. The molecule has 112 valence electrons. The van der Waals surface area contributed by atoms with Gasteiger partial charge in [0.2, 0.25) is 0 Å². The highest BCUT2D eigenvalue weighted by atomic mass is 35.5. The molecule has 0 N–H and O–H groups in total. The van der Waals surface area contributed by atoms with Gasteiger partial charge in [-0.3, -0.25) is 4.79 Å². The van der Waals surface area contributed by atoms with Crippen molar-refractivity contribution in [2.45, 2.75) is 13.3 Å². The molecule has 5 heteroatoms. The number of para-hydroxylation sites is 1. The second-order valence-electron chi connectivity index (χ2n) is 4.96. The van der Waals surface area contributed by atoms with Gasteiger partial charge in [-0.15, -0.1) is 0 Å². The molecule has 0 bridgehead atoms. The molecule has 0 fully saturated rings. The van der Waals surface area contributed by atoms with Gasteiger partial charge in [0.15, 0.2) is 4.80 Å². The average molecular weight is 331 g/mol. The van der Waals surface area contributed by atoms with Gasteiger partial charge in [-0.05, 0) is 30.2 Å². The fourth-order valence-corrected chi connectivity index (χ4v) is 3.74. The maximum atomic E-state index is 12.4. The van der Waals surface area contributed by atoms with Gasteiger partial charge in [-0.2, -0.15) is 4.99 Å². The van der Waals surface area contributed by atoms with E-state index in [1.165, 1.54) is 16.9 Å². The van der Waals surface area contributed by atoms with Crippen LogP contribution >= 0.6 is 22.9 Å². The van der Waals surface area contributed by atoms with Crippen molar-refractivity contribution in [2.75, 3.05) is 0 Å². The Labute approximate surface area is 137 Å². The first-order valence-corrected chi connectivity index (χ1v) is 8.22. The number of thiazole rings is 1. The van der Waals surface area contributed by atoms with E-state index in [0.29, 0.717) is 15.4 Å². The highest BCUT2D eigenvalue weighted by Crippen LogP contribution is 2.21. The number of carbonyl (C=O) groups is 1. The van der Waals surface area contributed by atoms with E-state index in [4.69, 9.17) is 11.6 Å². The van der Waals surface area contributed by atoms with Crippen LogP contribution in [0.1, 0.15) is 22.8 Å². The van der Waals surface area contributed by atoms with E-state index in [-0.39, 0.29) is 5.91 Å². The summed E-state index contributed by atoms with van der Waals surface area (Å²) < 4.78 is 3.11. The molecule has 0 unspecified atom stereocenters. The van der Waals surface area contributed by atoms with E-state index < -0.39 is 0 Å². The lowest BCUT2D eigenvalue weighted by atomic mass is 10.1. The molecule has 0 saturated carbocycles. The molecule has 0 saturated heterocycles. The Morgan fingerprint density at radius 2 is 2.00 bits per heavy atom. The van der Waals surface area contributed by atoms with E-state index in [1.54, 1.807) is 24.3 Å². The summed E-state index contributed by atoms with van der Waals surface area (Å²) in [7, 11) is 1.94. The minimum Gasteiger partial charge on any atom is -0.319 e. The van der Waals surface area contributed by atoms with Crippen LogP contribution in [0.3, 0.4) is 0 Å². The number of amides is 1. The number of aryl methyl sites for hydroxylation is 2. The van der Waals surface area contributed by atoms with Crippen molar-refractivity contribution in [3.63, 3.8) is 0 Å². The SMILES string of the molecule is CCc1cccc2sc(=NC(=O)c3ccccc3Cl)n(C)c12. The third-order valence-electron chi connectivity index (χ3n) is 3.59. The van der Waals surface area contributed by atoms with Crippen LogP contribution < -0.4 is 4.80 Å². The normalized spacial score (nSPS) is 12.0. The smallest absolute Gasteiger partial charge is 0.281 e. The van der Waals surface area contributed by atoms with Gasteiger partial charge in [0.25, 0.3) is 5.91 Å². The quantitative estimate of drug-likeness (QED) is 0.693. The average Bonchev–Trinajstić information content (AvgIpc) is 2.84. The first-order valence-electron chi connectivity index (χ1n) is 7.03. The van der Waals surface area contributed by atoms with Crippen LogP contribution in [0, 0.1) is 0 Å². The molecule has 1 amide bonds. The van der Waals surface area contributed by atoms with Crippen LogP contribution in [0.25, 0.3) is 10.2 Å². The lowest BCUT2D eigenvalue weighted by Gasteiger charge is -2.02. The molecule has 0 atom stereocenters. The van der Waals surface area contributed by atoms with Gasteiger partial charge in [0.1, 0.15) is 0 Å². The highest BCUT2D eigenvalue weighted by molar-refractivity contribution is 7.16. The van der Waals surface area contributed by atoms with Crippen molar-refractivity contribution >= 4 is 39.1 Å². The number of fused-ring (bicyclic) bond motifs is 1. The molecule has 2 aromatic carbocycles. The maximum Gasteiger partial charge on any atom is 0.281 e. The van der Waals surface area contributed by atoms with Crippen LogP contribution in [0.5, 0.6) is 0 Å². The molecule has 0 radical (unpaired) electrons. The lowest BCUT2D eigenvalue weighted by Crippen LogP contribution is -2.14. The first-order chi connectivity index (χ1) is 10.6. The minimum atomic E-state index is -0.314. The Morgan fingerprint density at radius 3 is 2.73 bits per heavy atom. The van der Waals surface area contributed by atoms with Gasteiger partial charge in [-0.25, -0.2) is 0 Å². The number of nitrogens with zero attached hydrogens (tertiary/aromatic N) is 2. The molecule has 1 aromatic heterocycles. The number of aromatic nitrogens is 1. The zero-order valence-corrected chi connectivity index (χ0v) is 13.9. The van der Waals surface area contributed by atoms with Gasteiger partial charge < -0.3 is 4.57 Å². The molecule has 22 heavy (non-hydrogen) atoms. The van der Waals surface area contributed by atoms with E-state index in [1.807, 2.05) is 17.7 Å². The predicted octanol–water partition coefficient (Wildman–Crippen LogP) is 4.20. The second kappa shape index (κ2) is 6.07. The minimum absolute atomic E-state index is 0.314. The molecule has 0 aliphatic heterocycles. The summed E-state index contributed by atoms with van der Waals surface area (Å²) in [4.78, 5) is 17.3. The molecule has 3 nitrogen and oxygen atoms in total. The number of halogens is 1. The van der Waals surface area contributed by atoms with E-state index >= 15 is 0 Å². The molecule has 3 rings (SSSR count). The van der Waals surface area contributed by atoms with Crippen LogP contribution in [-0.2, 0) is 13.5 Å². The third-order valence-corrected chi connectivity index (χ3v) is 5.02. The first kappa shape index (κ1) is 15.0. The standard InChI is InChI=1S/C17H15ClN2OS/c1-3-11-7-6-10-14-15(11)20(2)17(22-14)19-16(21)12-8-4-5-9-13(12)18/h4-10H,3H2,1-2H3. The highest BCUT2D eigenvalue weighted by Gasteiger charge is 2.11. The van der Waals surface area contributed by atoms with Crippen molar-refractivity contribution in [3.05, 3.63) is 63.4 Å². The maximum absolute atomic E-state index is 12.4. The summed E-state index contributed by atoms with van der Waals surface area (Å²) in [5.41, 5.74) is 2.82. The summed E-state index contributed by atoms with van der Waals surface area (Å²) in [6, 6.07) is 13.2. The number of carbonyl (C=O) groups excluding carboxylic acids is 1. The third kappa shape index (κ3) is 2.60. The van der Waals surface area contributed by atoms with Crippen molar-refractivity contribution in [1.82, 2.24) is 4.57 Å². The van der Waals surface area contributed by atoms with Gasteiger partial charge >= 0.3 is 0 Å². The van der Waals surface area contributed by atoms with Crippen molar-refractivity contribution < 1.29 is 4.79 Å². The Bertz CT molecular complexity index is 924. The van der Waals surface area contributed by atoms with Crippen LogP contribution in [0.4, 0.5) is 0 Å². The van der Waals surface area contributed by atoms with Gasteiger partial charge in [0.05, 0.1) is 20.8 Å². The van der Waals surface area contributed by atoms with Crippen LogP contribution in [0.15, 0.2) is 47.5 Å². The molecular weight excluding hydrogens is 316 g/mol. The summed E-state index contributed by atoms with van der Waals surface area (Å²) in [5, 5.41) is 0.425. The van der Waals surface area contributed by atoms with E-state index in [2.05, 4.69) is 24.0 Å². The monoisotopic (exact) mass is 330 g/mol. The molecule has 0 spiro atoms. The lowest BCUT2D eigenvalue weighted by molar-refractivity contribution is 0.0998. The number of benzene rings is 2. The molecule has 0 aliphatic carbocycles. The van der Waals surface area contributed by atoms with Crippen molar-refractivity contribution in [1.29, 1.82) is 0 Å². The second-order valence-corrected chi connectivity index (χ2v) is 6.37. The Kier molecular flexibility index (Phi) is 4.14. The van der Waals surface area contributed by atoms with Crippen molar-refractivity contribution in [3.8, 4) is 0 Å². The topological polar surface area (TPSA) is 34.4 Å². The van der Waals surface area contributed by atoms with Crippen LogP contribution in [0.2, 0.25) is 5.02 Å². The summed E-state index contributed by atoms with van der Waals surface area (Å²) in [6.45, 7) is 2.12. The fourth-order valence-electron chi connectivity index (χ4n) is 2.46. The zero-order valence-electron chi connectivity index (χ0n) is 12.3. The summed E-state index contributed by atoms with van der Waals surface area (Å²) >= 11 is 7.58. The van der Waals surface area contributed by atoms with Gasteiger partial charge in [-0.1, -0.05) is 54.1 Å². The fraction of sp³-hybridized carbons (Fsp3) is 0.176. The van der Waals surface area contributed by atoms with Crippen LogP contribution in [-0.4, -0.2) is 10.5 Å². The Balaban J connectivity index is 2.16. The predicted molar refractivity (Wildman–Crippen MR) is 91.5 cm³/mol. The molecular formula is C17H15ClN2OS. The Hall–Kier alpha value is -1.91. The van der Waals surface area contributed by atoms with Crippen molar-refractivity contribution in [2.24, 2.45) is 12.0 Å². The molecule has 0 aliphatic rings. The van der Waals surface area contributed by atoms with E-state index in [0.717, 1.165) is 16.6 Å².